The molecule has 1 aliphatic carbocycles. The summed E-state index contributed by atoms with van der Waals surface area (Å²) >= 11 is 0. The summed E-state index contributed by atoms with van der Waals surface area (Å²) in [6.07, 6.45) is 6.29. The third-order valence-corrected chi connectivity index (χ3v) is 7.62. The highest BCUT2D eigenvalue weighted by atomic mass is 16.5. The first-order chi connectivity index (χ1) is 19.3. The number of ketones is 1. The Morgan fingerprint density at radius 3 is 2.42 bits per heavy atom. The number of allylic oxidation sites excluding steroid dienone is 1. The Labute approximate surface area is 233 Å². The summed E-state index contributed by atoms with van der Waals surface area (Å²) in [5.41, 5.74) is 3.19. The van der Waals surface area contributed by atoms with E-state index < -0.39 is 17.4 Å². The van der Waals surface area contributed by atoms with Gasteiger partial charge in [0.25, 0.3) is 5.91 Å². The molecule has 7 nitrogen and oxygen atoms in total. The molecule has 1 heterocycles. The lowest BCUT2D eigenvalue weighted by atomic mass is 9.97. The van der Waals surface area contributed by atoms with Gasteiger partial charge in [-0.1, -0.05) is 67.0 Å². The number of benzene rings is 3. The summed E-state index contributed by atoms with van der Waals surface area (Å²) in [5, 5.41) is 13.4. The van der Waals surface area contributed by atoms with Gasteiger partial charge in [-0.2, -0.15) is 0 Å². The van der Waals surface area contributed by atoms with Crippen LogP contribution >= 0.6 is 0 Å². The third-order valence-electron chi connectivity index (χ3n) is 7.62. The number of carbonyl (C=O) groups is 3. The molecule has 1 aliphatic rings. The predicted molar refractivity (Wildman–Crippen MR) is 155 cm³/mol. The van der Waals surface area contributed by atoms with Gasteiger partial charge in [-0.25, -0.2) is 4.79 Å². The largest absolute Gasteiger partial charge is 0.497 e. The number of carbonyl (C=O) groups excluding carboxylic acids is 2. The minimum atomic E-state index is -1.19. The van der Waals surface area contributed by atoms with Crippen molar-refractivity contribution in [2.75, 3.05) is 7.11 Å². The third kappa shape index (κ3) is 5.41. The molecule has 0 bridgehead atoms. The quantitative estimate of drug-likeness (QED) is 0.255. The van der Waals surface area contributed by atoms with Crippen molar-refractivity contribution < 1.29 is 24.2 Å². The van der Waals surface area contributed by atoms with Crippen LogP contribution in [-0.2, 0) is 11.3 Å². The molecule has 0 atom stereocenters. The number of ether oxygens (including phenoxy) is 1. The monoisotopic (exact) mass is 536 g/mol. The fourth-order valence-electron chi connectivity index (χ4n) is 5.35. The van der Waals surface area contributed by atoms with Crippen LogP contribution in [0.2, 0.25) is 0 Å². The number of hydrogen-bond donors (Lipinski definition) is 2. The van der Waals surface area contributed by atoms with Crippen molar-refractivity contribution in [3.63, 3.8) is 0 Å². The number of nitrogens with one attached hydrogen (secondary N) is 1. The number of nitrogens with zero attached hydrogens (tertiary/aromatic N) is 1. The number of rotatable bonds is 9. The van der Waals surface area contributed by atoms with E-state index in [0.29, 0.717) is 42.0 Å². The number of fused-ring (bicyclic) bond motifs is 1. The summed E-state index contributed by atoms with van der Waals surface area (Å²) in [4.78, 5) is 38.3. The van der Waals surface area contributed by atoms with Crippen LogP contribution in [0.1, 0.15) is 63.2 Å². The van der Waals surface area contributed by atoms with Crippen LogP contribution in [0.5, 0.6) is 5.75 Å². The zero-order chi connectivity index (χ0) is 28.3. The number of carboxylic acids is 1. The first-order valence-corrected chi connectivity index (χ1v) is 13.4. The van der Waals surface area contributed by atoms with Crippen molar-refractivity contribution >= 4 is 34.6 Å². The molecular formula is C33H32N2O5. The molecule has 40 heavy (non-hydrogen) atoms. The standard InChI is InChI=1S/C33H32N2O5/c1-22-10-12-24(13-11-22)30(36)29-21-26-20-27(40-2)14-15-28(26)35(29)18-6-8-23-7-5-9-25(19-23)31(37)34-33(32(38)39)16-3-4-17-33/h5-15,19-21H,3-4,16-18H2,1-2H3,(H,34,37)(H,38,39)/b8-6+. The zero-order valence-corrected chi connectivity index (χ0v) is 22.6. The van der Waals surface area contributed by atoms with E-state index in [4.69, 9.17) is 4.74 Å². The van der Waals surface area contributed by atoms with Crippen molar-refractivity contribution in [3.05, 3.63) is 107 Å². The van der Waals surface area contributed by atoms with Gasteiger partial charge in [0.1, 0.15) is 11.3 Å². The molecule has 1 aromatic heterocycles. The Bertz CT molecular complexity index is 1610. The smallest absolute Gasteiger partial charge is 0.329 e. The van der Waals surface area contributed by atoms with Gasteiger partial charge in [0.15, 0.2) is 0 Å². The molecule has 0 spiro atoms. The molecular weight excluding hydrogens is 504 g/mol. The van der Waals surface area contributed by atoms with Crippen molar-refractivity contribution in [1.82, 2.24) is 9.88 Å². The number of hydrogen-bond acceptors (Lipinski definition) is 4. The topological polar surface area (TPSA) is 97.6 Å². The second kappa shape index (κ2) is 11.2. The zero-order valence-electron chi connectivity index (χ0n) is 22.6. The minimum Gasteiger partial charge on any atom is -0.497 e. The normalized spacial score (nSPS) is 14.4. The first kappa shape index (κ1) is 26.9. The molecule has 0 saturated heterocycles. The van der Waals surface area contributed by atoms with Crippen LogP contribution < -0.4 is 10.1 Å². The predicted octanol–water partition coefficient (Wildman–Crippen LogP) is 6.03. The highest BCUT2D eigenvalue weighted by Crippen LogP contribution is 2.30. The maximum atomic E-state index is 13.5. The molecule has 4 aromatic rings. The lowest BCUT2D eigenvalue weighted by Gasteiger charge is -2.25. The number of methoxy groups -OCH3 is 1. The van der Waals surface area contributed by atoms with E-state index >= 15 is 0 Å². The summed E-state index contributed by atoms with van der Waals surface area (Å²) < 4.78 is 7.36. The highest BCUT2D eigenvalue weighted by Gasteiger charge is 2.42. The first-order valence-electron chi connectivity index (χ1n) is 13.4. The average molecular weight is 537 g/mol. The van der Waals surface area contributed by atoms with Gasteiger partial charge >= 0.3 is 5.97 Å². The fraction of sp³-hybridized carbons (Fsp3) is 0.242. The Balaban J connectivity index is 1.40. The Morgan fingerprint density at radius 2 is 1.73 bits per heavy atom. The van der Waals surface area contributed by atoms with Gasteiger partial charge in [0.2, 0.25) is 5.78 Å². The van der Waals surface area contributed by atoms with Crippen molar-refractivity contribution in [3.8, 4) is 5.75 Å². The van der Waals surface area contributed by atoms with Crippen LogP contribution in [-0.4, -0.2) is 40.0 Å². The number of aryl methyl sites for hydroxylation is 1. The average Bonchev–Trinajstić information content (AvgIpc) is 3.58. The second-order valence-corrected chi connectivity index (χ2v) is 10.3. The van der Waals surface area contributed by atoms with Crippen molar-refractivity contribution in [1.29, 1.82) is 0 Å². The van der Waals surface area contributed by atoms with Crippen LogP contribution in [0.3, 0.4) is 0 Å². The lowest BCUT2D eigenvalue weighted by molar-refractivity contribution is -0.144. The molecule has 1 fully saturated rings. The van der Waals surface area contributed by atoms with Gasteiger partial charge < -0.3 is 19.7 Å². The maximum Gasteiger partial charge on any atom is 0.329 e. The number of aromatic nitrogens is 1. The molecule has 1 amide bonds. The lowest BCUT2D eigenvalue weighted by Crippen LogP contribution is -2.52. The second-order valence-electron chi connectivity index (χ2n) is 10.3. The van der Waals surface area contributed by atoms with Crippen molar-refractivity contribution in [2.45, 2.75) is 44.7 Å². The van der Waals surface area contributed by atoms with Crippen LogP contribution in [0.25, 0.3) is 17.0 Å². The van der Waals surface area contributed by atoms with Gasteiger partial charge in [0.05, 0.1) is 12.8 Å². The van der Waals surface area contributed by atoms with E-state index in [1.807, 2.05) is 78.2 Å². The number of carboxylic acid groups (broad SMARTS) is 1. The van der Waals surface area contributed by atoms with E-state index in [1.54, 1.807) is 25.3 Å². The molecule has 7 heteroatoms. The summed E-state index contributed by atoms with van der Waals surface area (Å²) in [6, 6.07) is 22.2. The highest BCUT2D eigenvalue weighted by molar-refractivity contribution is 6.10. The summed E-state index contributed by atoms with van der Waals surface area (Å²) in [7, 11) is 1.61. The number of amides is 1. The molecule has 0 radical (unpaired) electrons. The van der Waals surface area contributed by atoms with E-state index in [2.05, 4.69) is 5.32 Å². The van der Waals surface area contributed by atoms with E-state index in [-0.39, 0.29) is 5.78 Å². The van der Waals surface area contributed by atoms with E-state index in [1.165, 1.54) is 0 Å². The van der Waals surface area contributed by atoms with Crippen molar-refractivity contribution in [2.24, 2.45) is 0 Å². The molecule has 3 aromatic carbocycles. The van der Waals surface area contributed by atoms with Gasteiger partial charge in [-0.05, 0) is 61.7 Å². The van der Waals surface area contributed by atoms with E-state index in [9.17, 15) is 19.5 Å². The van der Waals surface area contributed by atoms with Gasteiger partial charge in [-0.3, -0.25) is 9.59 Å². The molecule has 0 unspecified atom stereocenters. The molecule has 0 aliphatic heterocycles. The fourth-order valence-corrected chi connectivity index (χ4v) is 5.35. The van der Waals surface area contributed by atoms with Crippen LogP contribution in [0, 0.1) is 6.92 Å². The Morgan fingerprint density at radius 1 is 0.975 bits per heavy atom. The molecule has 1 saturated carbocycles. The Hall–Kier alpha value is -4.65. The van der Waals surface area contributed by atoms with Crippen LogP contribution in [0.4, 0.5) is 0 Å². The van der Waals surface area contributed by atoms with Crippen LogP contribution in [0.15, 0.2) is 78.9 Å². The minimum absolute atomic E-state index is 0.0680. The SMILES string of the molecule is COc1ccc2c(c1)cc(C(=O)c1ccc(C)cc1)n2C/C=C/c1cccc(C(=O)NC2(C(=O)O)CCCC2)c1. The van der Waals surface area contributed by atoms with Gasteiger partial charge in [-0.15, -0.1) is 0 Å². The molecule has 204 valence electrons. The maximum absolute atomic E-state index is 13.5. The summed E-state index contributed by atoms with van der Waals surface area (Å²) in [5.74, 6) is -0.730. The molecule has 2 N–H and O–H groups in total. The van der Waals surface area contributed by atoms with E-state index in [0.717, 1.165) is 34.9 Å². The summed E-state index contributed by atoms with van der Waals surface area (Å²) in [6.45, 7) is 2.42. The van der Waals surface area contributed by atoms with Gasteiger partial charge in [0, 0.05) is 28.6 Å². The molecule has 5 rings (SSSR count). The number of aliphatic carboxylic acids is 1. The Kier molecular flexibility index (Phi) is 7.56.